The number of thiol groups is 2. The van der Waals surface area contributed by atoms with Gasteiger partial charge in [-0.25, -0.2) is 0 Å². The number of carboxylic acid groups (broad SMARTS) is 2. The maximum Gasteiger partial charge on any atom is 0.307 e. The third-order valence-electron chi connectivity index (χ3n) is 2.74. The minimum Gasteiger partial charge on any atom is -0.481 e. The summed E-state index contributed by atoms with van der Waals surface area (Å²) in [6.07, 6.45) is 3.68. The number of hydrogen-bond acceptors (Lipinski definition) is 4. The lowest BCUT2D eigenvalue weighted by Crippen LogP contribution is -2.16. The molecule has 6 heteroatoms. The van der Waals surface area contributed by atoms with E-state index in [0.717, 1.165) is 19.3 Å². The highest BCUT2D eigenvalue weighted by Crippen LogP contribution is 2.16. The summed E-state index contributed by atoms with van der Waals surface area (Å²) in [6.45, 7) is 0. The molecule has 0 fully saturated rings. The van der Waals surface area contributed by atoms with Gasteiger partial charge >= 0.3 is 11.9 Å². The highest BCUT2D eigenvalue weighted by Gasteiger charge is 2.16. The Morgan fingerprint density at radius 2 is 1.18 bits per heavy atom. The first-order valence-electron chi connectivity index (χ1n) is 5.70. The average molecular weight is 280 g/mol. The number of hydrogen-bond donors (Lipinski definition) is 4. The predicted octanol–water partition coefficient (Wildman–Crippen LogP) is 2.20. The van der Waals surface area contributed by atoms with E-state index in [9.17, 15) is 9.59 Å². The van der Waals surface area contributed by atoms with Crippen molar-refractivity contribution in [2.24, 2.45) is 11.8 Å². The fraction of sp³-hybridized carbons (Fsp3) is 0.818. The van der Waals surface area contributed by atoms with Crippen LogP contribution < -0.4 is 0 Å². The summed E-state index contributed by atoms with van der Waals surface area (Å²) in [5.74, 6) is -1.69. The molecule has 0 aromatic heterocycles. The second-order valence-corrected chi connectivity index (χ2v) is 4.80. The third kappa shape index (κ3) is 7.54. The van der Waals surface area contributed by atoms with Gasteiger partial charge in [-0.1, -0.05) is 19.3 Å². The summed E-state index contributed by atoms with van der Waals surface area (Å²) >= 11 is 7.97. The van der Waals surface area contributed by atoms with Gasteiger partial charge in [-0.15, -0.1) is 0 Å². The maximum atomic E-state index is 10.7. The first-order chi connectivity index (χ1) is 8.02. The number of carbonyl (C=O) groups is 2. The van der Waals surface area contributed by atoms with E-state index in [2.05, 4.69) is 25.3 Å². The summed E-state index contributed by atoms with van der Waals surface area (Å²) < 4.78 is 0. The minimum atomic E-state index is -0.807. The Kier molecular flexibility index (Phi) is 9.44. The molecule has 0 amide bonds. The lowest BCUT2D eigenvalue weighted by Gasteiger charge is -2.10. The van der Waals surface area contributed by atoms with E-state index in [0.29, 0.717) is 24.3 Å². The Balaban J connectivity index is 3.64. The third-order valence-corrected chi connectivity index (χ3v) is 3.63. The standard InChI is InChI=1S/C11H20O4S2/c12-10(13)8(6-16)4-2-1-3-5-9(7-17)11(14)15/h8-9,16-17H,1-7H2,(H,12,13)(H,14,15). The summed E-state index contributed by atoms with van der Waals surface area (Å²) in [5.41, 5.74) is 0. The molecule has 2 atom stereocenters. The summed E-state index contributed by atoms with van der Waals surface area (Å²) in [5, 5.41) is 17.6. The van der Waals surface area contributed by atoms with Crippen LogP contribution in [0.3, 0.4) is 0 Å². The first kappa shape index (κ1) is 16.6. The van der Waals surface area contributed by atoms with Crippen LogP contribution in [-0.4, -0.2) is 33.7 Å². The van der Waals surface area contributed by atoms with Gasteiger partial charge in [0.25, 0.3) is 0 Å². The normalized spacial score (nSPS) is 14.2. The van der Waals surface area contributed by atoms with Crippen molar-refractivity contribution in [3.63, 3.8) is 0 Å². The van der Waals surface area contributed by atoms with Crippen LogP contribution in [0.2, 0.25) is 0 Å². The zero-order valence-electron chi connectivity index (χ0n) is 9.71. The molecular formula is C11H20O4S2. The number of rotatable bonds is 10. The quantitative estimate of drug-likeness (QED) is 0.365. The molecule has 0 aliphatic rings. The van der Waals surface area contributed by atoms with Gasteiger partial charge in [0, 0.05) is 11.5 Å². The molecule has 0 heterocycles. The number of carboxylic acids is 2. The highest BCUT2D eigenvalue weighted by atomic mass is 32.1. The van der Waals surface area contributed by atoms with Crippen molar-refractivity contribution >= 4 is 37.2 Å². The molecule has 0 spiro atoms. The molecule has 0 rings (SSSR count). The van der Waals surface area contributed by atoms with Crippen molar-refractivity contribution in [1.82, 2.24) is 0 Å². The van der Waals surface area contributed by atoms with Crippen molar-refractivity contribution in [2.75, 3.05) is 11.5 Å². The fourth-order valence-corrected chi connectivity index (χ4v) is 2.22. The molecule has 0 radical (unpaired) electrons. The van der Waals surface area contributed by atoms with Gasteiger partial charge in [0.2, 0.25) is 0 Å². The monoisotopic (exact) mass is 280 g/mol. The molecule has 4 nitrogen and oxygen atoms in total. The van der Waals surface area contributed by atoms with Gasteiger partial charge in [0.05, 0.1) is 11.8 Å². The SMILES string of the molecule is O=C(O)C(CS)CCCCCC(CS)C(=O)O. The van der Waals surface area contributed by atoms with Crippen LogP contribution in [0, 0.1) is 11.8 Å². The lowest BCUT2D eigenvalue weighted by molar-refractivity contribution is -0.141. The Labute approximate surface area is 113 Å². The zero-order chi connectivity index (χ0) is 13.3. The van der Waals surface area contributed by atoms with Crippen LogP contribution in [0.4, 0.5) is 0 Å². The predicted molar refractivity (Wildman–Crippen MR) is 73.0 cm³/mol. The minimum absolute atomic E-state index is 0.351. The molecule has 100 valence electrons. The Hall–Kier alpha value is -0.360. The van der Waals surface area contributed by atoms with Crippen LogP contribution in [-0.2, 0) is 9.59 Å². The molecule has 0 aliphatic heterocycles. The zero-order valence-corrected chi connectivity index (χ0v) is 11.5. The highest BCUT2D eigenvalue weighted by molar-refractivity contribution is 7.80. The van der Waals surface area contributed by atoms with Crippen LogP contribution in [0.1, 0.15) is 32.1 Å². The Morgan fingerprint density at radius 1 is 0.824 bits per heavy atom. The molecule has 0 bridgehead atoms. The summed E-state index contributed by atoms with van der Waals surface area (Å²) in [4.78, 5) is 21.4. The van der Waals surface area contributed by atoms with E-state index in [-0.39, 0.29) is 0 Å². The second-order valence-electron chi connectivity index (χ2n) is 4.07. The summed E-state index contributed by atoms with van der Waals surface area (Å²) in [7, 11) is 0. The molecule has 2 N–H and O–H groups in total. The molecule has 0 aromatic rings. The van der Waals surface area contributed by atoms with Gasteiger partial charge in [-0.05, 0) is 12.8 Å². The van der Waals surface area contributed by atoms with Crippen molar-refractivity contribution in [1.29, 1.82) is 0 Å². The first-order valence-corrected chi connectivity index (χ1v) is 6.96. The van der Waals surface area contributed by atoms with E-state index in [1.165, 1.54) is 0 Å². The van der Waals surface area contributed by atoms with E-state index in [4.69, 9.17) is 10.2 Å². The molecular weight excluding hydrogens is 260 g/mol. The van der Waals surface area contributed by atoms with Crippen molar-refractivity contribution in [3.8, 4) is 0 Å². The summed E-state index contributed by atoms with van der Waals surface area (Å²) in [6, 6.07) is 0. The number of unbranched alkanes of at least 4 members (excludes halogenated alkanes) is 2. The van der Waals surface area contributed by atoms with Crippen LogP contribution in [0.15, 0.2) is 0 Å². The van der Waals surface area contributed by atoms with Crippen molar-refractivity contribution in [2.45, 2.75) is 32.1 Å². The lowest BCUT2D eigenvalue weighted by atomic mass is 9.99. The fourth-order valence-electron chi connectivity index (χ4n) is 1.54. The molecule has 2 unspecified atom stereocenters. The molecule has 17 heavy (non-hydrogen) atoms. The smallest absolute Gasteiger partial charge is 0.307 e. The Morgan fingerprint density at radius 3 is 1.41 bits per heavy atom. The number of aliphatic carboxylic acids is 2. The van der Waals surface area contributed by atoms with Gasteiger partial charge in [0.1, 0.15) is 0 Å². The van der Waals surface area contributed by atoms with E-state index in [1.54, 1.807) is 0 Å². The Bertz CT molecular complexity index is 222. The van der Waals surface area contributed by atoms with Gasteiger partial charge in [-0.3, -0.25) is 9.59 Å². The molecule has 0 saturated heterocycles. The largest absolute Gasteiger partial charge is 0.481 e. The van der Waals surface area contributed by atoms with E-state index < -0.39 is 23.8 Å². The van der Waals surface area contributed by atoms with Crippen LogP contribution in [0.25, 0.3) is 0 Å². The average Bonchev–Trinajstić information content (AvgIpc) is 2.27. The second kappa shape index (κ2) is 9.65. The van der Waals surface area contributed by atoms with E-state index >= 15 is 0 Å². The molecule has 0 aromatic carbocycles. The van der Waals surface area contributed by atoms with Crippen LogP contribution in [0.5, 0.6) is 0 Å². The molecule has 0 aliphatic carbocycles. The van der Waals surface area contributed by atoms with Crippen molar-refractivity contribution < 1.29 is 19.8 Å². The van der Waals surface area contributed by atoms with Crippen molar-refractivity contribution in [3.05, 3.63) is 0 Å². The topological polar surface area (TPSA) is 74.6 Å². The van der Waals surface area contributed by atoms with Gasteiger partial charge in [0.15, 0.2) is 0 Å². The molecule has 0 saturated carbocycles. The van der Waals surface area contributed by atoms with E-state index in [1.807, 2.05) is 0 Å². The van der Waals surface area contributed by atoms with Gasteiger partial charge in [-0.2, -0.15) is 25.3 Å². The maximum absolute atomic E-state index is 10.7. The van der Waals surface area contributed by atoms with Gasteiger partial charge < -0.3 is 10.2 Å². The van der Waals surface area contributed by atoms with Crippen LogP contribution >= 0.6 is 25.3 Å².